The molecule has 7 nitrogen and oxygen atoms in total. The Bertz CT molecular complexity index is 1290. The first-order valence-electron chi connectivity index (χ1n) is 12.0. The second-order valence-electron chi connectivity index (χ2n) is 10.0. The van der Waals surface area contributed by atoms with Crippen molar-refractivity contribution in [3.8, 4) is 0 Å². The number of amides is 1. The summed E-state index contributed by atoms with van der Waals surface area (Å²) in [5, 5.41) is 12.3. The number of likely N-dealkylation sites (N-methyl/N-ethyl adjacent to an activating group) is 1. The first-order chi connectivity index (χ1) is 16.0. The van der Waals surface area contributed by atoms with E-state index in [4.69, 9.17) is 0 Å². The molecule has 5 heterocycles. The van der Waals surface area contributed by atoms with Crippen molar-refractivity contribution in [1.29, 1.82) is 0 Å². The third-order valence-electron chi connectivity index (χ3n) is 7.74. The van der Waals surface area contributed by atoms with Crippen LogP contribution in [0, 0.1) is 5.92 Å². The van der Waals surface area contributed by atoms with Crippen molar-refractivity contribution in [1.82, 2.24) is 18.9 Å². The van der Waals surface area contributed by atoms with Gasteiger partial charge in [0.15, 0.2) is 0 Å². The molecule has 0 saturated carbocycles. The molecule has 7 heteroatoms. The molecular weight excluding hydrogens is 416 g/mol. The van der Waals surface area contributed by atoms with Crippen LogP contribution in [0.1, 0.15) is 34.1 Å². The minimum Gasteiger partial charge on any atom is -0.390 e. The SMILES string of the molecule is CN1CCc2c(n(CC(O)CN3C[C@@H]4C[C@H](C3)c3cccc(=O)n3C4)c3ccccc23)C1=O. The Labute approximate surface area is 192 Å². The lowest BCUT2D eigenvalue weighted by Gasteiger charge is -2.43. The molecule has 0 spiro atoms. The van der Waals surface area contributed by atoms with Gasteiger partial charge in [-0.2, -0.15) is 0 Å². The predicted octanol–water partition coefficient (Wildman–Crippen LogP) is 1.91. The normalized spacial score (nSPS) is 23.5. The molecule has 33 heavy (non-hydrogen) atoms. The molecule has 2 bridgehead atoms. The van der Waals surface area contributed by atoms with Crippen molar-refractivity contribution in [3.05, 3.63) is 69.8 Å². The molecule has 1 fully saturated rings. The zero-order chi connectivity index (χ0) is 22.7. The van der Waals surface area contributed by atoms with Gasteiger partial charge in [-0.05, 0) is 36.5 Å². The largest absolute Gasteiger partial charge is 0.390 e. The molecule has 1 aromatic carbocycles. The highest BCUT2D eigenvalue weighted by Gasteiger charge is 2.35. The van der Waals surface area contributed by atoms with Gasteiger partial charge in [0.25, 0.3) is 11.5 Å². The number of aliphatic hydroxyl groups is 1. The van der Waals surface area contributed by atoms with E-state index in [1.807, 2.05) is 40.4 Å². The second kappa shape index (κ2) is 7.85. The minimum atomic E-state index is -0.582. The number of likely N-dealkylation sites (tertiary alicyclic amines) is 1. The van der Waals surface area contributed by atoms with Crippen LogP contribution in [0.25, 0.3) is 10.9 Å². The number of hydrogen-bond acceptors (Lipinski definition) is 4. The summed E-state index contributed by atoms with van der Waals surface area (Å²) in [5.74, 6) is 0.794. The van der Waals surface area contributed by atoms with Gasteiger partial charge in [-0.1, -0.05) is 24.3 Å². The third-order valence-corrected chi connectivity index (χ3v) is 7.74. The lowest BCUT2D eigenvalue weighted by atomic mass is 9.83. The van der Waals surface area contributed by atoms with Crippen LogP contribution in [0.2, 0.25) is 0 Å². The number of fused-ring (bicyclic) bond motifs is 7. The molecule has 0 aliphatic carbocycles. The number of aromatic nitrogens is 2. The standard InChI is InChI=1S/C26H30N4O3/c1-27-10-9-21-20-5-2-3-6-23(20)30(25(21)26(27)33)16-19(31)15-28-12-17-11-18(14-28)22-7-4-8-24(32)29(22)13-17/h2-8,17-19,31H,9-16H2,1H3/t17-,18+,19?/m0/s1. The van der Waals surface area contributed by atoms with Crippen LogP contribution < -0.4 is 5.56 Å². The first-order valence-corrected chi connectivity index (χ1v) is 12.0. The highest BCUT2D eigenvalue weighted by atomic mass is 16.3. The van der Waals surface area contributed by atoms with Gasteiger partial charge in [0, 0.05) is 68.4 Å². The van der Waals surface area contributed by atoms with E-state index in [1.54, 1.807) is 11.0 Å². The van der Waals surface area contributed by atoms with E-state index >= 15 is 0 Å². The van der Waals surface area contributed by atoms with Crippen LogP contribution in [0.5, 0.6) is 0 Å². The van der Waals surface area contributed by atoms with Gasteiger partial charge in [-0.15, -0.1) is 0 Å². The van der Waals surface area contributed by atoms with Crippen molar-refractivity contribution in [2.24, 2.45) is 5.92 Å². The Hall–Kier alpha value is -2.90. The van der Waals surface area contributed by atoms with E-state index in [0.29, 0.717) is 24.9 Å². The van der Waals surface area contributed by atoms with Crippen molar-refractivity contribution >= 4 is 16.8 Å². The number of piperidine rings is 1. The summed E-state index contributed by atoms with van der Waals surface area (Å²) in [6, 6.07) is 13.7. The van der Waals surface area contributed by atoms with Crippen LogP contribution in [-0.4, -0.2) is 69.3 Å². The fraction of sp³-hybridized carbons (Fsp3) is 0.462. The summed E-state index contributed by atoms with van der Waals surface area (Å²) in [6.45, 7) is 4.19. The van der Waals surface area contributed by atoms with Crippen molar-refractivity contribution in [2.75, 3.05) is 33.2 Å². The maximum Gasteiger partial charge on any atom is 0.270 e. The fourth-order valence-electron chi connectivity index (χ4n) is 6.34. The lowest BCUT2D eigenvalue weighted by Crippen LogP contribution is -2.49. The molecule has 3 aliphatic rings. The number of aliphatic hydroxyl groups excluding tert-OH is 1. The quantitative estimate of drug-likeness (QED) is 0.665. The van der Waals surface area contributed by atoms with Crippen LogP contribution in [0.3, 0.4) is 0 Å². The monoisotopic (exact) mass is 446 g/mol. The Morgan fingerprint density at radius 3 is 2.76 bits per heavy atom. The number of benzene rings is 1. The maximum atomic E-state index is 13.0. The topological polar surface area (TPSA) is 70.7 Å². The van der Waals surface area contributed by atoms with Crippen molar-refractivity contribution in [3.63, 3.8) is 0 Å². The van der Waals surface area contributed by atoms with Crippen LogP contribution in [0.15, 0.2) is 47.3 Å². The number of carbonyl (C=O) groups excluding carboxylic acids is 1. The summed E-state index contributed by atoms with van der Waals surface area (Å²) >= 11 is 0. The summed E-state index contributed by atoms with van der Waals surface area (Å²) in [5.41, 5.74) is 4.07. The minimum absolute atomic E-state index is 0.0363. The van der Waals surface area contributed by atoms with Gasteiger partial charge in [0.05, 0.1) is 12.6 Å². The van der Waals surface area contributed by atoms with Gasteiger partial charge in [0.1, 0.15) is 5.69 Å². The molecule has 6 rings (SSSR count). The van der Waals surface area contributed by atoms with E-state index in [2.05, 4.69) is 17.0 Å². The maximum absolute atomic E-state index is 13.0. The number of pyridine rings is 1. The summed E-state index contributed by atoms with van der Waals surface area (Å²) in [7, 11) is 1.85. The molecule has 1 unspecified atom stereocenters. The zero-order valence-electron chi connectivity index (χ0n) is 19.0. The Morgan fingerprint density at radius 2 is 1.88 bits per heavy atom. The van der Waals surface area contributed by atoms with Crippen molar-refractivity contribution in [2.45, 2.75) is 38.0 Å². The Morgan fingerprint density at radius 1 is 1.03 bits per heavy atom. The summed E-state index contributed by atoms with van der Waals surface area (Å²) < 4.78 is 3.97. The fourth-order valence-corrected chi connectivity index (χ4v) is 6.34. The van der Waals surface area contributed by atoms with Crippen LogP contribution in [-0.2, 0) is 19.5 Å². The zero-order valence-corrected chi connectivity index (χ0v) is 19.0. The van der Waals surface area contributed by atoms with Gasteiger partial charge in [0.2, 0.25) is 0 Å². The van der Waals surface area contributed by atoms with Gasteiger partial charge in [-0.3, -0.25) is 14.5 Å². The van der Waals surface area contributed by atoms with Crippen molar-refractivity contribution < 1.29 is 9.90 Å². The Kier molecular flexibility index (Phi) is 4.92. The summed E-state index contributed by atoms with van der Waals surface area (Å²) in [4.78, 5) is 29.4. The van der Waals surface area contributed by atoms with E-state index in [0.717, 1.165) is 66.9 Å². The first kappa shape index (κ1) is 20.7. The van der Waals surface area contributed by atoms with Crippen LogP contribution >= 0.6 is 0 Å². The molecular formula is C26H30N4O3. The van der Waals surface area contributed by atoms with E-state index in [1.165, 1.54) is 0 Å². The molecule has 1 saturated heterocycles. The van der Waals surface area contributed by atoms with E-state index < -0.39 is 6.10 Å². The van der Waals surface area contributed by atoms with E-state index in [-0.39, 0.29) is 11.5 Å². The summed E-state index contributed by atoms with van der Waals surface area (Å²) in [6.07, 6.45) is 1.36. The molecule has 172 valence electrons. The average Bonchev–Trinajstić information content (AvgIpc) is 3.11. The van der Waals surface area contributed by atoms with Gasteiger partial charge in [-0.25, -0.2) is 0 Å². The Balaban J connectivity index is 1.24. The molecule has 2 aromatic heterocycles. The number of para-hydroxylation sites is 1. The molecule has 0 radical (unpaired) electrons. The molecule has 3 aromatic rings. The van der Waals surface area contributed by atoms with Crippen LogP contribution in [0.4, 0.5) is 0 Å². The highest BCUT2D eigenvalue weighted by molar-refractivity contribution is 6.02. The number of carbonyl (C=O) groups is 1. The van der Waals surface area contributed by atoms with Gasteiger partial charge < -0.3 is 19.1 Å². The number of β-amino-alcohol motifs (C(OH)–C–C–N with tert-alkyl or cyclic N) is 1. The molecule has 1 N–H and O–H groups in total. The van der Waals surface area contributed by atoms with E-state index in [9.17, 15) is 14.7 Å². The number of nitrogens with zero attached hydrogens (tertiary/aromatic N) is 4. The highest BCUT2D eigenvalue weighted by Crippen LogP contribution is 2.35. The smallest absolute Gasteiger partial charge is 0.270 e. The van der Waals surface area contributed by atoms with Gasteiger partial charge >= 0.3 is 0 Å². The molecule has 3 aliphatic heterocycles. The predicted molar refractivity (Wildman–Crippen MR) is 127 cm³/mol. The average molecular weight is 447 g/mol. The number of rotatable bonds is 4. The molecule has 1 amide bonds. The second-order valence-corrected chi connectivity index (χ2v) is 10.0. The lowest BCUT2D eigenvalue weighted by molar-refractivity contribution is 0.0542. The number of hydrogen-bond donors (Lipinski definition) is 1. The molecule has 3 atom stereocenters. The third kappa shape index (κ3) is 3.42.